The number of unbranched alkanes of at least 4 members (excludes halogenated alkanes) is 7. The molecule has 5 heteroatoms. The van der Waals surface area contributed by atoms with Crippen LogP contribution in [0.1, 0.15) is 75.6 Å². The van der Waals surface area contributed by atoms with Gasteiger partial charge >= 0.3 is 0 Å². The van der Waals surface area contributed by atoms with Crippen LogP contribution in [-0.2, 0) is 6.54 Å². The summed E-state index contributed by atoms with van der Waals surface area (Å²) in [5, 5.41) is 7.67. The first-order chi connectivity index (χ1) is 16.7. The first-order valence-electron chi connectivity index (χ1n) is 12.7. The van der Waals surface area contributed by atoms with Crippen LogP contribution in [0.4, 0.5) is 0 Å². The van der Waals surface area contributed by atoms with E-state index in [1.165, 1.54) is 43.2 Å². The topological polar surface area (TPSA) is 64.0 Å². The molecule has 0 aliphatic carbocycles. The van der Waals surface area contributed by atoms with E-state index in [1.54, 1.807) is 0 Å². The van der Waals surface area contributed by atoms with E-state index in [0.29, 0.717) is 24.3 Å². The van der Waals surface area contributed by atoms with Gasteiger partial charge in [0.2, 0.25) is 0 Å². The Labute approximate surface area is 203 Å². The van der Waals surface area contributed by atoms with E-state index < -0.39 is 0 Å². The van der Waals surface area contributed by atoms with Crippen molar-refractivity contribution in [2.24, 2.45) is 0 Å². The zero-order valence-electron chi connectivity index (χ0n) is 20.6. The molecule has 0 radical (unpaired) electrons. The number of hydrogen-bond donors (Lipinski definition) is 1. The lowest BCUT2D eigenvalue weighted by molar-refractivity contribution is 0.0951. The number of benzene rings is 2. The molecule has 0 saturated heterocycles. The molecule has 0 fully saturated rings. The molecule has 2 aromatic carbocycles. The van der Waals surface area contributed by atoms with E-state index in [1.807, 2.05) is 67.6 Å². The van der Waals surface area contributed by atoms with Crippen LogP contribution in [0.3, 0.4) is 0 Å². The van der Waals surface area contributed by atoms with Gasteiger partial charge < -0.3 is 5.32 Å². The van der Waals surface area contributed by atoms with Gasteiger partial charge in [-0.1, -0.05) is 113 Å². The van der Waals surface area contributed by atoms with Gasteiger partial charge in [0.1, 0.15) is 5.56 Å². The maximum Gasteiger partial charge on any atom is 0.280 e. The van der Waals surface area contributed by atoms with Gasteiger partial charge in [-0.25, -0.2) is 4.68 Å². The van der Waals surface area contributed by atoms with Gasteiger partial charge in [-0.3, -0.25) is 9.59 Å². The van der Waals surface area contributed by atoms with Gasteiger partial charge in [-0.15, -0.1) is 0 Å². The van der Waals surface area contributed by atoms with Gasteiger partial charge in [0.15, 0.2) is 0 Å². The smallest absolute Gasteiger partial charge is 0.280 e. The van der Waals surface area contributed by atoms with Crippen molar-refractivity contribution in [3.8, 4) is 22.4 Å². The van der Waals surface area contributed by atoms with E-state index >= 15 is 0 Å². The third-order valence-electron chi connectivity index (χ3n) is 6.11. The third-order valence-corrected chi connectivity index (χ3v) is 6.11. The van der Waals surface area contributed by atoms with Gasteiger partial charge in [0.05, 0.1) is 5.69 Å². The Balaban J connectivity index is 1.84. The van der Waals surface area contributed by atoms with Crippen molar-refractivity contribution in [1.29, 1.82) is 0 Å². The summed E-state index contributed by atoms with van der Waals surface area (Å²) in [7, 11) is 0. The molecule has 1 heterocycles. The highest BCUT2D eigenvalue weighted by atomic mass is 16.2. The molecule has 3 aromatic rings. The molecular formula is C29H37N3O2. The number of aryl methyl sites for hydroxylation is 1. The summed E-state index contributed by atoms with van der Waals surface area (Å²) < 4.78 is 1.39. The van der Waals surface area contributed by atoms with Crippen LogP contribution < -0.4 is 10.9 Å². The second kappa shape index (κ2) is 13.5. The van der Waals surface area contributed by atoms with E-state index in [-0.39, 0.29) is 17.0 Å². The zero-order valence-corrected chi connectivity index (χ0v) is 20.6. The molecule has 0 atom stereocenters. The van der Waals surface area contributed by atoms with Crippen LogP contribution in [-0.4, -0.2) is 22.2 Å². The lowest BCUT2D eigenvalue weighted by Gasteiger charge is -2.17. The van der Waals surface area contributed by atoms with E-state index in [9.17, 15) is 9.59 Å². The third kappa shape index (κ3) is 6.66. The summed E-state index contributed by atoms with van der Waals surface area (Å²) in [4.78, 5) is 26.7. The van der Waals surface area contributed by atoms with Crippen LogP contribution in [0, 0.1) is 0 Å². The molecule has 0 aliphatic heterocycles. The highest BCUT2D eigenvalue weighted by molar-refractivity contribution is 6.03. The number of aromatic nitrogens is 2. The average Bonchev–Trinajstić information content (AvgIpc) is 2.88. The van der Waals surface area contributed by atoms with E-state index in [4.69, 9.17) is 0 Å². The fourth-order valence-corrected chi connectivity index (χ4v) is 4.23. The van der Waals surface area contributed by atoms with Crippen molar-refractivity contribution < 1.29 is 4.79 Å². The largest absolute Gasteiger partial charge is 0.352 e. The van der Waals surface area contributed by atoms with Gasteiger partial charge in [-0.05, 0) is 18.9 Å². The molecule has 0 aliphatic rings. The molecule has 1 amide bonds. The number of nitrogens with one attached hydrogen (secondary N) is 1. The standard InChI is InChI=1S/C29H37N3O2/c1-3-5-6-7-8-9-10-17-22-30-28(33)26-25(23-18-13-11-14-19-23)27(24-20-15-12-16-21-24)31-32(4-2)29(26)34/h11-16,18-21H,3-10,17,22H2,1-2H3,(H,30,33). The van der Waals surface area contributed by atoms with Crippen molar-refractivity contribution >= 4 is 5.91 Å². The number of amides is 1. The molecule has 0 saturated carbocycles. The van der Waals surface area contributed by atoms with Crippen LogP contribution in [0.2, 0.25) is 0 Å². The Kier molecular flexibility index (Phi) is 10.1. The number of nitrogens with zero attached hydrogens (tertiary/aromatic N) is 2. The van der Waals surface area contributed by atoms with Gasteiger partial charge in [0, 0.05) is 24.2 Å². The number of carbonyl (C=O) groups excluding carboxylic acids is 1. The molecule has 1 aromatic heterocycles. The van der Waals surface area contributed by atoms with Crippen LogP contribution in [0.5, 0.6) is 0 Å². The van der Waals surface area contributed by atoms with Crippen molar-refractivity contribution in [1.82, 2.24) is 15.1 Å². The summed E-state index contributed by atoms with van der Waals surface area (Å²) in [5.74, 6) is -0.325. The zero-order chi connectivity index (χ0) is 24.2. The van der Waals surface area contributed by atoms with Crippen molar-refractivity contribution in [2.75, 3.05) is 6.54 Å². The Hall–Kier alpha value is -3.21. The Morgan fingerprint density at radius 2 is 1.35 bits per heavy atom. The predicted octanol–water partition coefficient (Wildman–Crippen LogP) is 6.47. The lowest BCUT2D eigenvalue weighted by Crippen LogP contribution is -2.36. The summed E-state index contributed by atoms with van der Waals surface area (Å²) >= 11 is 0. The Morgan fingerprint density at radius 3 is 1.94 bits per heavy atom. The molecule has 3 rings (SSSR count). The highest BCUT2D eigenvalue weighted by Gasteiger charge is 2.24. The summed E-state index contributed by atoms with van der Waals surface area (Å²) in [5.41, 5.74) is 2.74. The number of carbonyl (C=O) groups is 1. The molecular weight excluding hydrogens is 422 g/mol. The summed E-state index contributed by atoms with van der Waals surface area (Å²) in [6.07, 6.45) is 9.61. The SMILES string of the molecule is CCCCCCCCCCNC(=O)c1c(-c2ccccc2)c(-c2ccccc2)nn(CC)c1=O. The van der Waals surface area contributed by atoms with E-state index in [2.05, 4.69) is 17.3 Å². The molecule has 0 spiro atoms. The molecule has 5 nitrogen and oxygen atoms in total. The first kappa shape index (κ1) is 25.4. The fourth-order valence-electron chi connectivity index (χ4n) is 4.23. The molecule has 0 bridgehead atoms. The Morgan fingerprint density at radius 1 is 0.794 bits per heavy atom. The summed E-state index contributed by atoms with van der Waals surface area (Å²) in [6, 6.07) is 19.3. The maximum atomic E-state index is 13.4. The van der Waals surface area contributed by atoms with Crippen molar-refractivity contribution in [3.63, 3.8) is 0 Å². The minimum absolute atomic E-state index is 0.168. The maximum absolute atomic E-state index is 13.4. The van der Waals surface area contributed by atoms with Crippen LogP contribution >= 0.6 is 0 Å². The quantitative estimate of drug-likeness (QED) is 0.298. The predicted molar refractivity (Wildman–Crippen MR) is 140 cm³/mol. The summed E-state index contributed by atoms with van der Waals surface area (Å²) in [6.45, 7) is 5.06. The number of hydrogen-bond acceptors (Lipinski definition) is 3. The molecule has 1 N–H and O–H groups in total. The molecule has 180 valence electrons. The minimum atomic E-state index is -0.352. The van der Waals surface area contributed by atoms with Gasteiger partial charge in [0.25, 0.3) is 11.5 Å². The van der Waals surface area contributed by atoms with Crippen molar-refractivity contribution in [2.45, 2.75) is 71.8 Å². The normalized spacial score (nSPS) is 10.9. The fraction of sp³-hybridized carbons (Fsp3) is 0.414. The van der Waals surface area contributed by atoms with Crippen LogP contribution in [0.25, 0.3) is 22.4 Å². The molecule has 34 heavy (non-hydrogen) atoms. The lowest BCUT2D eigenvalue weighted by atomic mass is 9.95. The van der Waals surface area contributed by atoms with Crippen molar-refractivity contribution in [3.05, 3.63) is 76.6 Å². The van der Waals surface area contributed by atoms with Gasteiger partial charge in [-0.2, -0.15) is 5.10 Å². The monoisotopic (exact) mass is 459 g/mol. The molecule has 0 unspecified atom stereocenters. The first-order valence-corrected chi connectivity index (χ1v) is 12.7. The highest BCUT2D eigenvalue weighted by Crippen LogP contribution is 2.32. The van der Waals surface area contributed by atoms with Crippen LogP contribution in [0.15, 0.2) is 65.5 Å². The second-order valence-corrected chi connectivity index (χ2v) is 8.68. The van der Waals surface area contributed by atoms with E-state index in [0.717, 1.165) is 24.0 Å². The minimum Gasteiger partial charge on any atom is -0.352 e. The second-order valence-electron chi connectivity index (χ2n) is 8.68. The Bertz CT molecular complexity index is 1090. The number of rotatable bonds is 13. The average molecular weight is 460 g/mol.